The van der Waals surface area contributed by atoms with Crippen LogP contribution >= 0.6 is 0 Å². The van der Waals surface area contributed by atoms with Gasteiger partial charge in [0.15, 0.2) is 0 Å². The highest BCUT2D eigenvalue weighted by molar-refractivity contribution is 5.80. The molecule has 2 nitrogen and oxygen atoms in total. The van der Waals surface area contributed by atoms with E-state index in [0.29, 0.717) is 0 Å². The molecule has 1 rings (SSSR count). The Morgan fingerprint density at radius 1 is 1.43 bits per heavy atom. The summed E-state index contributed by atoms with van der Waals surface area (Å²) in [6.07, 6.45) is 0.816. The molecule has 14 heavy (non-hydrogen) atoms. The molecule has 0 heterocycles. The molecule has 0 amide bonds. The Balaban J connectivity index is 2.90. The molecule has 0 aliphatic carbocycles. The van der Waals surface area contributed by atoms with Crippen LogP contribution in [0, 0.1) is 6.92 Å². The molecular weight excluding hydrogens is 172 g/mol. The van der Waals surface area contributed by atoms with Crippen molar-refractivity contribution in [3.8, 4) is 0 Å². The van der Waals surface area contributed by atoms with Gasteiger partial charge < -0.3 is 5.73 Å². The van der Waals surface area contributed by atoms with E-state index in [9.17, 15) is 0 Å². The molecule has 0 radical (unpaired) electrons. The maximum Gasteiger partial charge on any atom is 0.0941 e. The second-order valence-electron chi connectivity index (χ2n) is 3.51. The minimum Gasteiger partial charge on any atom is -0.387 e. The first kappa shape index (κ1) is 10.8. The summed E-state index contributed by atoms with van der Waals surface area (Å²) in [4.78, 5) is 4.42. The molecule has 2 N–H and O–H groups in total. The summed E-state index contributed by atoms with van der Waals surface area (Å²) in [5.74, 6) is 0.723. The molecule has 1 unspecified atom stereocenters. The van der Waals surface area contributed by atoms with Crippen molar-refractivity contribution in [2.75, 3.05) is 0 Å². The number of rotatable bonds is 3. The van der Waals surface area contributed by atoms with Gasteiger partial charge in [-0.05, 0) is 25.0 Å². The van der Waals surface area contributed by atoms with Crippen LogP contribution in [0.25, 0.3) is 0 Å². The number of nitrogens with two attached hydrogens (primary N) is 1. The number of aliphatic imine (C=N–C) groups is 1. The zero-order valence-corrected chi connectivity index (χ0v) is 9.12. The lowest BCUT2D eigenvalue weighted by molar-refractivity contribution is 0.805. The Morgan fingerprint density at radius 3 is 2.64 bits per heavy atom. The predicted molar refractivity (Wildman–Crippen MR) is 61.5 cm³/mol. The lowest BCUT2D eigenvalue weighted by atomic mass is 10.0. The van der Waals surface area contributed by atoms with E-state index < -0.39 is 0 Å². The molecule has 1 aromatic rings. The molecule has 0 spiro atoms. The molecule has 0 saturated carbocycles. The molecule has 76 valence electrons. The minimum atomic E-state index is 0.163. The highest BCUT2D eigenvalue weighted by Gasteiger charge is 2.05. The average molecular weight is 190 g/mol. The number of hydrogen-bond donors (Lipinski definition) is 1. The SMILES string of the molecule is CCC(N)=NC(C)c1ccccc1C. The second kappa shape index (κ2) is 4.80. The van der Waals surface area contributed by atoms with Gasteiger partial charge in [-0.25, -0.2) is 0 Å². The van der Waals surface area contributed by atoms with Gasteiger partial charge in [-0.2, -0.15) is 0 Å². The van der Waals surface area contributed by atoms with Gasteiger partial charge in [0.25, 0.3) is 0 Å². The first-order valence-electron chi connectivity index (χ1n) is 5.02. The van der Waals surface area contributed by atoms with Gasteiger partial charge >= 0.3 is 0 Å². The third kappa shape index (κ3) is 2.59. The third-order valence-electron chi connectivity index (χ3n) is 2.36. The largest absolute Gasteiger partial charge is 0.387 e. The van der Waals surface area contributed by atoms with Crippen molar-refractivity contribution in [1.29, 1.82) is 0 Å². The smallest absolute Gasteiger partial charge is 0.0941 e. The standard InChI is InChI=1S/C12H18N2/c1-4-12(13)14-10(3)11-8-6-5-7-9(11)2/h5-8,10H,4H2,1-3H3,(H2,13,14). The van der Waals surface area contributed by atoms with Crippen molar-refractivity contribution < 1.29 is 0 Å². The van der Waals surface area contributed by atoms with Gasteiger partial charge in [0, 0.05) is 6.42 Å². The number of amidine groups is 1. The van der Waals surface area contributed by atoms with Gasteiger partial charge in [0.1, 0.15) is 0 Å². The van der Waals surface area contributed by atoms with E-state index in [4.69, 9.17) is 5.73 Å². The molecule has 1 atom stereocenters. The molecule has 0 saturated heterocycles. The predicted octanol–water partition coefficient (Wildman–Crippen LogP) is 2.82. The molecule has 1 aromatic carbocycles. The summed E-state index contributed by atoms with van der Waals surface area (Å²) < 4.78 is 0. The minimum absolute atomic E-state index is 0.163. The fourth-order valence-corrected chi connectivity index (χ4v) is 1.47. The van der Waals surface area contributed by atoms with Crippen LogP contribution < -0.4 is 5.73 Å². The van der Waals surface area contributed by atoms with Gasteiger partial charge in [0.05, 0.1) is 11.9 Å². The van der Waals surface area contributed by atoms with Crippen LogP contribution in [0.4, 0.5) is 0 Å². The van der Waals surface area contributed by atoms with Crippen LogP contribution in [0.2, 0.25) is 0 Å². The normalized spacial score (nSPS) is 14.1. The fourth-order valence-electron chi connectivity index (χ4n) is 1.47. The van der Waals surface area contributed by atoms with Crippen LogP contribution in [0.1, 0.15) is 37.4 Å². The molecular formula is C12H18N2. The Kier molecular flexibility index (Phi) is 3.69. The van der Waals surface area contributed by atoms with Crippen molar-refractivity contribution in [1.82, 2.24) is 0 Å². The first-order chi connectivity index (χ1) is 6.65. The number of aryl methyl sites for hydroxylation is 1. The van der Waals surface area contributed by atoms with Gasteiger partial charge in [-0.15, -0.1) is 0 Å². The van der Waals surface area contributed by atoms with E-state index >= 15 is 0 Å². The van der Waals surface area contributed by atoms with E-state index in [2.05, 4.69) is 31.0 Å². The van der Waals surface area contributed by atoms with Crippen molar-refractivity contribution >= 4 is 5.84 Å². The number of hydrogen-bond acceptors (Lipinski definition) is 1. The van der Waals surface area contributed by atoms with Crippen molar-refractivity contribution in [2.45, 2.75) is 33.2 Å². The Morgan fingerprint density at radius 2 is 2.07 bits per heavy atom. The summed E-state index contributed by atoms with van der Waals surface area (Å²) in [5, 5.41) is 0. The van der Waals surface area contributed by atoms with Crippen LogP contribution in [-0.2, 0) is 0 Å². The Labute approximate surface area is 85.9 Å². The summed E-state index contributed by atoms with van der Waals surface area (Å²) >= 11 is 0. The lowest BCUT2D eigenvalue weighted by Gasteiger charge is -2.10. The average Bonchev–Trinajstić information content (AvgIpc) is 2.18. The number of nitrogens with zero attached hydrogens (tertiary/aromatic N) is 1. The Bertz CT molecular complexity index is 329. The van der Waals surface area contributed by atoms with E-state index in [0.717, 1.165) is 12.3 Å². The second-order valence-corrected chi connectivity index (χ2v) is 3.51. The topological polar surface area (TPSA) is 38.4 Å². The number of benzene rings is 1. The van der Waals surface area contributed by atoms with E-state index in [1.54, 1.807) is 0 Å². The van der Waals surface area contributed by atoms with Crippen LogP contribution in [0.5, 0.6) is 0 Å². The first-order valence-corrected chi connectivity index (χ1v) is 5.02. The lowest BCUT2D eigenvalue weighted by Crippen LogP contribution is -2.11. The zero-order chi connectivity index (χ0) is 10.6. The summed E-state index contributed by atoms with van der Waals surface area (Å²) in [7, 11) is 0. The highest BCUT2D eigenvalue weighted by atomic mass is 14.9. The van der Waals surface area contributed by atoms with E-state index in [1.165, 1.54) is 11.1 Å². The van der Waals surface area contributed by atoms with Crippen LogP contribution in [0.3, 0.4) is 0 Å². The van der Waals surface area contributed by atoms with E-state index in [1.807, 2.05) is 19.1 Å². The molecule has 0 bridgehead atoms. The monoisotopic (exact) mass is 190 g/mol. The van der Waals surface area contributed by atoms with Crippen molar-refractivity contribution in [2.24, 2.45) is 10.7 Å². The van der Waals surface area contributed by atoms with Crippen LogP contribution in [0.15, 0.2) is 29.3 Å². The molecule has 0 aliphatic heterocycles. The molecule has 2 heteroatoms. The van der Waals surface area contributed by atoms with Gasteiger partial charge in [-0.1, -0.05) is 31.2 Å². The zero-order valence-electron chi connectivity index (χ0n) is 9.12. The highest BCUT2D eigenvalue weighted by Crippen LogP contribution is 2.20. The van der Waals surface area contributed by atoms with Crippen molar-refractivity contribution in [3.05, 3.63) is 35.4 Å². The quantitative estimate of drug-likeness (QED) is 0.577. The summed E-state index contributed by atoms with van der Waals surface area (Å²) in [6, 6.07) is 8.45. The molecule has 0 aliphatic rings. The molecule has 0 aromatic heterocycles. The summed E-state index contributed by atoms with van der Waals surface area (Å²) in [5.41, 5.74) is 8.24. The van der Waals surface area contributed by atoms with Crippen molar-refractivity contribution in [3.63, 3.8) is 0 Å². The Hall–Kier alpha value is -1.31. The maximum absolute atomic E-state index is 5.71. The maximum atomic E-state index is 5.71. The van der Waals surface area contributed by atoms with E-state index in [-0.39, 0.29) is 6.04 Å². The summed E-state index contributed by atoms with van der Waals surface area (Å²) in [6.45, 7) is 6.19. The van der Waals surface area contributed by atoms with Crippen LogP contribution in [-0.4, -0.2) is 5.84 Å². The molecule has 0 fully saturated rings. The third-order valence-corrected chi connectivity index (χ3v) is 2.36. The van der Waals surface area contributed by atoms with Gasteiger partial charge in [-0.3, -0.25) is 4.99 Å². The van der Waals surface area contributed by atoms with Gasteiger partial charge in [0.2, 0.25) is 0 Å². The fraction of sp³-hybridized carbons (Fsp3) is 0.417.